The summed E-state index contributed by atoms with van der Waals surface area (Å²) in [6.45, 7) is 4.37. The summed E-state index contributed by atoms with van der Waals surface area (Å²) in [5.41, 5.74) is 2.88. The van der Waals surface area contributed by atoms with Crippen molar-refractivity contribution < 1.29 is 12.6 Å². The maximum atomic E-state index is 11.6. The van der Waals surface area contributed by atoms with Gasteiger partial charge >= 0.3 is 0 Å². The second-order valence-corrected chi connectivity index (χ2v) is 10.2. The molecule has 0 spiro atoms. The zero-order chi connectivity index (χ0) is 22.1. The molecule has 0 N–H and O–H groups in total. The first-order valence-corrected chi connectivity index (χ1v) is 13.1. The highest BCUT2D eigenvalue weighted by Gasteiger charge is 2.25. The van der Waals surface area contributed by atoms with Gasteiger partial charge in [0.2, 0.25) is 5.95 Å². The fourth-order valence-electron chi connectivity index (χ4n) is 4.68. The minimum absolute atomic E-state index is 0.0601. The zero-order valence-electron chi connectivity index (χ0n) is 18.4. The van der Waals surface area contributed by atoms with E-state index in [0.717, 1.165) is 79.3 Å². The number of aromatic nitrogens is 3. The van der Waals surface area contributed by atoms with Gasteiger partial charge in [0, 0.05) is 32.7 Å². The first kappa shape index (κ1) is 21.2. The van der Waals surface area contributed by atoms with Crippen LogP contribution in [-0.2, 0) is 20.8 Å². The van der Waals surface area contributed by atoms with Crippen LogP contribution in [-0.4, -0.2) is 62.0 Å². The Bertz CT molecular complexity index is 1200. The molecule has 2 aliphatic heterocycles. The fraction of sp³-hybridized carbons (Fsp3) is 0.478. The lowest BCUT2D eigenvalue weighted by Crippen LogP contribution is -2.24. The summed E-state index contributed by atoms with van der Waals surface area (Å²) in [5, 5.41) is 1.01. The highest BCUT2D eigenvalue weighted by Crippen LogP contribution is 2.35. The number of benzene rings is 1. The van der Waals surface area contributed by atoms with Crippen molar-refractivity contribution in [3.8, 4) is 11.3 Å². The Labute approximate surface area is 188 Å². The van der Waals surface area contributed by atoms with Crippen LogP contribution in [0.1, 0.15) is 25.7 Å². The summed E-state index contributed by atoms with van der Waals surface area (Å²) in [4.78, 5) is 14.6. The first-order valence-electron chi connectivity index (χ1n) is 11.3. The molecule has 2 aliphatic rings. The normalized spacial score (nSPS) is 17.0. The third-order valence-electron chi connectivity index (χ3n) is 6.20. The lowest BCUT2D eigenvalue weighted by atomic mass is 10.1. The highest BCUT2D eigenvalue weighted by molar-refractivity contribution is 7.85. The summed E-state index contributed by atoms with van der Waals surface area (Å²) in [6, 6.07) is 12.3. The number of rotatable bonds is 7. The van der Waals surface area contributed by atoms with E-state index in [0.29, 0.717) is 6.54 Å². The van der Waals surface area contributed by atoms with Gasteiger partial charge < -0.3 is 14.4 Å². The third-order valence-corrected chi connectivity index (χ3v) is 6.79. The molecule has 3 aromatic rings. The van der Waals surface area contributed by atoms with Crippen LogP contribution in [0.5, 0.6) is 0 Å². The quantitative estimate of drug-likeness (QED) is 0.506. The van der Waals surface area contributed by atoms with Crippen molar-refractivity contribution in [3.63, 3.8) is 0 Å². The zero-order valence-corrected chi connectivity index (χ0v) is 19.2. The minimum Gasteiger partial charge on any atom is -0.356 e. The van der Waals surface area contributed by atoms with Gasteiger partial charge in [0.05, 0.1) is 23.9 Å². The topological polar surface area (TPSA) is 80.6 Å². The average molecular weight is 456 g/mol. The smallest absolute Gasteiger partial charge is 0.264 e. The van der Waals surface area contributed by atoms with E-state index in [-0.39, 0.29) is 6.61 Å². The second kappa shape index (κ2) is 8.71. The van der Waals surface area contributed by atoms with E-state index in [9.17, 15) is 8.42 Å². The molecule has 0 radical (unpaired) electrons. The van der Waals surface area contributed by atoms with Crippen molar-refractivity contribution in [1.29, 1.82) is 0 Å². The Kier molecular flexibility index (Phi) is 5.77. The molecular formula is C23H29N5O3S. The van der Waals surface area contributed by atoms with Crippen LogP contribution in [0.15, 0.2) is 36.4 Å². The average Bonchev–Trinajstić information content (AvgIpc) is 3.54. The fourth-order valence-corrected chi connectivity index (χ4v) is 5.06. The van der Waals surface area contributed by atoms with Gasteiger partial charge in [-0.25, -0.2) is 0 Å². The van der Waals surface area contributed by atoms with Crippen molar-refractivity contribution in [2.75, 3.05) is 48.8 Å². The molecule has 2 aromatic heterocycles. The molecule has 4 heterocycles. The Morgan fingerprint density at radius 1 is 0.938 bits per heavy atom. The first-order chi connectivity index (χ1) is 15.5. The Balaban J connectivity index is 1.67. The molecule has 2 saturated heterocycles. The molecule has 8 nitrogen and oxygen atoms in total. The number of fused-ring (bicyclic) bond motifs is 1. The molecule has 2 fully saturated rings. The van der Waals surface area contributed by atoms with Gasteiger partial charge in [0.15, 0.2) is 0 Å². The molecule has 0 unspecified atom stereocenters. The van der Waals surface area contributed by atoms with Gasteiger partial charge in [-0.15, -0.1) is 0 Å². The summed E-state index contributed by atoms with van der Waals surface area (Å²) < 4.78 is 30.3. The van der Waals surface area contributed by atoms with Gasteiger partial charge in [-0.1, -0.05) is 30.3 Å². The Morgan fingerprint density at radius 3 is 2.25 bits per heavy atom. The van der Waals surface area contributed by atoms with E-state index in [1.54, 1.807) is 0 Å². The highest BCUT2D eigenvalue weighted by atomic mass is 32.2. The van der Waals surface area contributed by atoms with E-state index in [2.05, 4.69) is 32.6 Å². The second-order valence-electron chi connectivity index (χ2n) is 8.55. The van der Waals surface area contributed by atoms with Crippen LogP contribution in [0.4, 0.5) is 11.8 Å². The number of nitrogens with zero attached hydrogens (tertiary/aromatic N) is 5. The van der Waals surface area contributed by atoms with Crippen LogP contribution in [0.25, 0.3) is 22.3 Å². The summed E-state index contributed by atoms with van der Waals surface area (Å²) in [6.07, 6.45) is 5.72. The van der Waals surface area contributed by atoms with Crippen molar-refractivity contribution in [3.05, 3.63) is 36.4 Å². The summed E-state index contributed by atoms with van der Waals surface area (Å²) in [5.74, 6) is 1.74. The SMILES string of the molecule is CS(=O)(=O)OCCn1c(-c2ccccc2)cc2c(N3CCCC3)nc(N3CCCC3)nc21. The molecule has 32 heavy (non-hydrogen) atoms. The van der Waals surface area contributed by atoms with Crippen LogP contribution < -0.4 is 9.80 Å². The monoisotopic (exact) mass is 455 g/mol. The largest absolute Gasteiger partial charge is 0.356 e. The van der Waals surface area contributed by atoms with E-state index in [4.69, 9.17) is 14.2 Å². The maximum absolute atomic E-state index is 11.6. The van der Waals surface area contributed by atoms with Crippen LogP contribution in [0.3, 0.4) is 0 Å². The van der Waals surface area contributed by atoms with Crippen molar-refractivity contribution >= 4 is 32.9 Å². The standard InChI is InChI=1S/C23H29N5O3S/c1-32(29,30)31-16-15-28-20(18-9-3-2-4-10-18)17-19-21(26-11-5-6-12-26)24-23(25-22(19)28)27-13-7-8-14-27/h2-4,9-10,17H,5-8,11-16H2,1H3. The predicted octanol–water partition coefficient (Wildman–Crippen LogP) is 3.27. The molecule has 1 aromatic carbocycles. The lowest BCUT2D eigenvalue weighted by Gasteiger charge is -2.22. The van der Waals surface area contributed by atoms with E-state index in [1.807, 2.05) is 18.2 Å². The molecule has 0 aliphatic carbocycles. The van der Waals surface area contributed by atoms with E-state index in [1.165, 1.54) is 12.8 Å². The number of anilines is 2. The molecule has 0 bridgehead atoms. The molecule has 170 valence electrons. The minimum atomic E-state index is -3.51. The van der Waals surface area contributed by atoms with Crippen molar-refractivity contribution in [1.82, 2.24) is 14.5 Å². The molecule has 0 amide bonds. The molecule has 9 heteroatoms. The molecule has 0 atom stereocenters. The molecule has 5 rings (SSSR count). The predicted molar refractivity (Wildman–Crippen MR) is 127 cm³/mol. The van der Waals surface area contributed by atoms with Gasteiger partial charge in [-0.3, -0.25) is 4.18 Å². The van der Waals surface area contributed by atoms with Crippen LogP contribution in [0.2, 0.25) is 0 Å². The van der Waals surface area contributed by atoms with Gasteiger partial charge in [0.25, 0.3) is 10.1 Å². The summed E-state index contributed by atoms with van der Waals surface area (Å²) in [7, 11) is -3.51. The third kappa shape index (κ3) is 4.31. The van der Waals surface area contributed by atoms with Crippen LogP contribution in [0, 0.1) is 0 Å². The van der Waals surface area contributed by atoms with Gasteiger partial charge in [0.1, 0.15) is 11.5 Å². The molecular weight excluding hydrogens is 426 g/mol. The van der Waals surface area contributed by atoms with Gasteiger partial charge in [-0.05, 0) is 37.3 Å². The van der Waals surface area contributed by atoms with E-state index >= 15 is 0 Å². The van der Waals surface area contributed by atoms with E-state index < -0.39 is 10.1 Å². The lowest BCUT2D eigenvalue weighted by molar-refractivity contribution is 0.306. The number of hydrogen-bond acceptors (Lipinski definition) is 7. The Hall–Kier alpha value is -2.65. The van der Waals surface area contributed by atoms with Crippen molar-refractivity contribution in [2.24, 2.45) is 0 Å². The van der Waals surface area contributed by atoms with Crippen LogP contribution >= 0.6 is 0 Å². The Morgan fingerprint density at radius 2 is 1.59 bits per heavy atom. The molecule has 0 saturated carbocycles. The van der Waals surface area contributed by atoms with Crippen molar-refractivity contribution in [2.45, 2.75) is 32.2 Å². The van der Waals surface area contributed by atoms with Gasteiger partial charge in [-0.2, -0.15) is 18.4 Å². The maximum Gasteiger partial charge on any atom is 0.264 e. The number of hydrogen-bond donors (Lipinski definition) is 0. The summed E-state index contributed by atoms with van der Waals surface area (Å²) >= 11 is 0.